The summed E-state index contributed by atoms with van der Waals surface area (Å²) in [6.07, 6.45) is 7.15. The molecule has 0 aliphatic carbocycles. The predicted octanol–water partition coefficient (Wildman–Crippen LogP) is 2.79. The fourth-order valence-electron chi connectivity index (χ4n) is 5.69. The summed E-state index contributed by atoms with van der Waals surface area (Å²) in [6.45, 7) is 13.2. The van der Waals surface area contributed by atoms with Crippen molar-refractivity contribution >= 4 is 17.9 Å². The molecule has 4 aliphatic rings. The van der Waals surface area contributed by atoms with E-state index in [9.17, 15) is 14.4 Å². The SMILES string of the molecule is CC(C)(C)OC(=O)NCC1CCN(C(=O)C2CCOCC2)CC1.NCC1CCN(C(=O)C2CCOCC2)CC1. The second-order valence-electron chi connectivity index (χ2n) is 12.4. The first-order valence-corrected chi connectivity index (χ1v) is 15.1. The van der Waals surface area contributed by atoms with Gasteiger partial charge in [-0.05, 0) is 90.5 Å². The van der Waals surface area contributed by atoms with Gasteiger partial charge in [-0.3, -0.25) is 9.59 Å². The fraction of sp³-hybridized carbons (Fsp3) is 0.897. The van der Waals surface area contributed by atoms with E-state index in [2.05, 4.69) is 5.32 Å². The van der Waals surface area contributed by atoms with E-state index in [4.69, 9.17) is 19.9 Å². The zero-order valence-corrected chi connectivity index (χ0v) is 24.5. The zero-order chi connectivity index (χ0) is 28.3. The number of hydrogen-bond donors (Lipinski definition) is 2. The minimum absolute atomic E-state index is 0.139. The Bertz CT molecular complexity index is 760. The monoisotopic (exact) mass is 552 g/mol. The number of nitrogens with one attached hydrogen (secondary N) is 1. The van der Waals surface area contributed by atoms with Gasteiger partial charge in [-0.2, -0.15) is 0 Å². The van der Waals surface area contributed by atoms with Crippen LogP contribution in [0.15, 0.2) is 0 Å². The molecule has 0 radical (unpaired) electrons. The third-order valence-corrected chi connectivity index (χ3v) is 8.26. The average molecular weight is 553 g/mol. The van der Waals surface area contributed by atoms with Crippen molar-refractivity contribution in [2.45, 2.75) is 77.7 Å². The molecule has 3 amide bonds. The number of carbonyl (C=O) groups excluding carboxylic acids is 3. The average Bonchev–Trinajstić information content (AvgIpc) is 2.96. The van der Waals surface area contributed by atoms with Crippen LogP contribution in [0.3, 0.4) is 0 Å². The lowest BCUT2D eigenvalue weighted by atomic mass is 9.93. The van der Waals surface area contributed by atoms with Crippen molar-refractivity contribution in [3.05, 3.63) is 0 Å². The van der Waals surface area contributed by atoms with Crippen LogP contribution in [0, 0.1) is 23.7 Å². The van der Waals surface area contributed by atoms with Gasteiger partial charge in [0.1, 0.15) is 5.60 Å². The zero-order valence-electron chi connectivity index (χ0n) is 24.5. The molecule has 4 fully saturated rings. The van der Waals surface area contributed by atoms with Crippen molar-refractivity contribution in [1.82, 2.24) is 15.1 Å². The minimum Gasteiger partial charge on any atom is -0.444 e. The van der Waals surface area contributed by atoms with E-state index in [1.165, 1.54) is 0 Å². The normalized spacial score (nSPS) is 22.6. The first-order valence-electron chi connectivity index (χ1n) is 15.1. The van der Waals surface area contributed by atoms with Gasteiger partial charge in [-0.15, -0.1) is 0 Å². The number of carbonyl (C=O) groups is 3. The van der Waals surface area contributed by atoms with E-state index in [0.717, 1.165) is 97.3 Å². The number of rotatable bonds is 5. The highest BCUT2D eigenvalue weighted by molar-refractivity contribution is 5.79. The highest BCUT2D eigenvalue weighted by Crippen LogP contribution is 2.24. The molecule has 0 aromatic heterocycles. The fourth-order valence-corrected chi connectivity index (χ4v) is 5.69. The number of nitrogens with zero attached hydrogens (tertiary/aromatic N) is 2. The smallest absolute Gasteiger partial charge is 0.407 e. The number of hydrogen-bond acceptors (Lipinski definition) is 7. The van der Waals surface area contributed by atoms with E-state index in [1.807, 2.05) is 30.6 Å². The molecule has 4 aliphatic heterocycles. The van der Waals surface area contributed by atoms with Gasteiger partial charge < -0.3 is 35.1 Å². The van der Waals surface area contributed by atoms with E-state index >= 15 is 0 Å². The summed E-state index contributed by atoms with van der Waals surface area (Å²) in [5.74, 6) is 2.02. The topological polar surface area (TPSA) is 123 Å². The van der Waals surface area contributed by atoms with Crippen molar-refractivity contribution in [3.8, 4) is 0 Å². The Morgan fingerprint density at radius 1 is 0.744 bits per heavy atom. The second kappa shape index (κ2) is 15.8. The molecule has 4 saturated heterocycles. The maximum Gasteiger partial charge on any atom is 0.407 e. The summed E-state index contributed by atoms with van der Waals surface area (Å²) >= 11 is 0. The number of amides is 3. The summed E-state index contributed by atoms with van der Waals surface area (Å²) in [5.41, 5.74) is 5.18. The molecule has 0 bridgehead atoms. The number of piperidine rings is 2. The molecule has 0 unspecified atom stereocenters. The third kappa shape index (κ3) is 10.9. The highest BCUT2D eigenvalue weighted by atomic mass is 16.6. The number of alkyl carbamates (subject to hydrolysis) is 1. The largest absolute Gasteiger partial charge is 0.444 e. The van der Waals surface area contributed by atoms with E-state index in [-0.39, 0.29) is 23.8 Å². The van der Waals surface area contributed by atoms with Gasteiger partial charge in [0.25, 0.3) is 0 Å². The standard InChI is InChI=1S/C17H30N2O4.C12H22N2O2/c1-17(2,3)23-16(21)18-12-13-4-8-19(9-5-13)15(20)14-6-10-22-11-7-14;13-9-10-1-5-14(6-2-10)12(15)11-3-7-16-8-4-11/h13-14H,4-12H2,1-3H3,(H,18,21);10-11H,1-9,13H2. The summed E-state index contributed by atoms with van der Waals surface area (Å²) < 4.78 is 15.8. The molecule has 0 aromatic carbocycles. The Balaban J connectivity index is 0.000000230. The van der Waals surface area contributed by atoms with Gasteiger partial charge in [0.15, 0.2) is 0 Å². The van der Waals surface area contributed by atoms with Crippen LogP contribution in [0.25, 0.3) is 0 Å². The van der Waals surface area contributed by atoms with Crippen LogP contribution in [-0.2, 0) is 23.8 Å². The molecule has 0 atom stereocenters. The predicted molar refractivity (Wildman–Crippen MR) is 149 cm³/mol. The molecule has 224 valence electrons. The van der Waals surface area contributed by atoms with Gasteiger partial charge in [0.2, 0.25) is 11.8 Å². The molecule has 10 nitrogen and oxygen atoms in total. The molecule has 0 spiro atoms. The van der Waals surface area contributed by atoms with Crippen LogP contribution in [0.2, 0.25) is 0 Å². The molecule has 0 saturated carbocycles. The van der Waals surface area contributed by atoms with Crippen molar-refractivity contribution < 1.29 is 28.6 Å². The summed E-state index contributed by atoms with van der Waals surface area (Å²) in [5, 5.41) is 2.84. The van der Waals surface area contributed by atoms with Crippen LogP contribution in [0.5, 0.6) is 0 Å². The lowest BCUT2D eigenvalue weighted by Crippen LogP contribution is -2.45. The molecule has 39 heavy (non-hydrogen) atoms. The Hall–Kier alpha value is -1.91. The van der Waals surface area contributed by atoms with Crippen LogP contribution < -0.4 is 11.1 Å². The lowest BCUT2D eigenvalue weighted by molar-refractivity contribution is -0.140. The molecular formula is C29H52N4O6. The van der Waals surface area contributed by atoms with Gasteiger partial charge >= 0.3 is 6.09 Å². The first kappa shape index (κ1) is 31.6. The Morgan fingerprint density at radius 3 is 1.54 bits per heavy atom. The maximum absolute atomic E-state index is 12.5. The Kier molecular flexibility index (Phi) is 12.8. The van der Waals surface area contributed by atoms with Gasteiger partial charge in [-0.1, -0.05) is 0 Å². The van der Waals surface area contributed by atoms with E-state index < -0.39 is 5.60 Å². The van der Waals surface area contributed by atoms with Gasteiger partial charge in [0, 0.05) is 71.0 Å². The second-order valence-corrected chi connectivity index (χ2v) is 12.4. The molecule has 4 rings (SSSR count). The van der Waals surface area contributed by atoms with Gasteiger partial charge in [-0.25, -0.2) is 4.79 Å². The van der Waals surface area contributed by atoms with Crippen LogP contribution >= 0.6 is 0 Å². The molecule has 3 N–H and O–H groups in total. The Labute approximate surface area is 234 Å². The van der Waals surface area contributed by atoms with Crippen molar-refractivity contribution in [2.75, 3.05) is 65.7 Å². The Morgan fingerprint density at radius 2 is 1.15 bits per heavy atom. The third-order valence-electron chi connectivity index (χ3n) is 8.26. The molecule has 0 aromatic rings. The van der Waals surface area contributed by atoms with E-state index in [0.29, 0.717) is 37.5 Å². The van der Waals surface area contributed by atoms with Crippen LogP contribution in [0.4, 0.5) is 4.79 Å². The molecular weight excluding hydrogens is 500 g/mol. The summed E-state index contributed by atoms with van der Waals surface area (Å²) in [7, 11) is 0. The minimum atomic E-state index is -0.469. The summed E-state index contributed by atoms with van der Waals surface area (Å²) in [6, 6.07) is 0. The first-order chi connectivity index (χ1) is 18.7. The maximum atomic E-state index is 12.5. The molecule has 10 heteroatoms. The quantitative estimate of drug-likeness (QED) is 0.538. The number of likely N-dealkylation sites (tertiary alicyclic amines) is 2. The van der Waals surface area contributed by atoms with Crippen molar-refractivity contribution in [3.63, 3.8) is 0 Å². The van der Waals surface area contributed by atoms with Gasteiger partial charge in [0.05, 0.1) is 0 Å². The summed E-state index contributed by atoms with van der Waals surface area (Å²) in [4.78, 5) is 40.3. The molecule has 4 heterocycles. The van der Waals surface area contributed by atoms with Crippen LogP contribution in [-0.4, -0.2) is 99.0 Å². The highest BCUT2D eigenvalue weighted by Gasteiger charge is 2.30. The van der Waals surface area contributed by atoms with Crippen molar-refractivity contribution in [1.29, 1.82) is 0 Å². The van der Waals surface area contributed by atoms with Crippen molar-refractivity contribution in [2.24, 2.45) is 29.4 Å². The number of nitrogens with two attached hydrogens (primary N) is 1. The number of ether oxygens (including phenoxy) is 3. The van der Waals surface area contributed by atoms with Crippen LogP contribution in [0.1, 0.15) is 72.1 Å². The van der Waals surface area contributed by atoms with E-state index in [1.54, 1.807) is 0 Å². The lowest BCUT2D eigenvalue weighted by Gasteiger charge is -2.35.